The first-order valence-corrected chi connectivity index (χ1v) is 11.6. The van der Waals surface area contributed by atoms with E-state index in [9.17, 15) is 4.79 Å². The average Bonchev–Trinajstić information content (AvgIpc) is 3.44. The van der Waals surface area contributed by atoms with Crippen LogP contribution >= 0.6 is 11.6 Å². The molecule has 1 aliphatic rings. The second-order valence-corrected chi connectivity index (χ2v) is 9.28. The van der Waals surface area contributed by atoms with Crippen LogP contribution in [0.2, 0.25) is 5.02 Å². The summed E-state index contributed by atoms with van der Waals surface area (Å²) in [5.74, 6) is 1.08. The molecule has 1 aliphatic heterocycles. The SMILES string of the molecule is COc1nc(N)ncc1-c1cc2c(n1C(C)C)C(c1ccc(Cl)cc1)N(c1cc(C)nn1C)C2=O. The van der Waals surface area contributed by atoms with Crippen molar-refractivity contribution < 1.29 is 9.53 Å². The second-order valence-electron chi connectivity index (χ2n) is 8.84. The van der Waals surface area contributed by atoms with Gasteiger partial charge in [-0.15, -0.1) is 0 Å². The molecule has 1 amide bonds. The van der Waals surface area contributed by atoms with Gasteiger partial charge < -0.3 is 15.0 Å². The highest BCUT2D eigenvalue weighted by Gasteiger charge is 2.44. The molecule has 3 aromatic heterocycles. The zero-order valence-electron chi connectivity index (χ0n) is 20.2. The Morgan fingerprint density at radius 2 is 1.86 bits per heavy atom. The Hall–Kier alpha value is -3.85. The quantitative estimate of drug-likeness (QED) is 0.438. The van der Waals surface area contributed by atoms with Crippen LogP contribution in [-0.4, -0.2) is 37.3 Å². The number of aromatic nitrogens is 5. The van der Waals surface area contributed by atoms with Gasteiger partial charge in [-0.25, -0.2) is 4.98 Å². The Bertz CT molecular complexity index is 1440. The van der Waals surface area contributed by atoms with E-state index in [-0.39, 0.29) is 23.9 Å². The smallest absolute Gasteiger partial charge is 0.262 e. The van der Waals surface area contributed by atoms with Crippen LogP contribution in [0.5, 0.6) is 5.88 Å². The molecule has 0 saturated heterocycles. The standard InChI is InChI=1S/C25H26ClN7O2/c1-13(2)32-19(18-12-28-25(27)29-23(18)35-5)11-17-22(32)21(15-6-8-16(26)9-7-15)33(24(17)34)20-10-14(3)30-31(20)4/h6-13,21H,1-5H3,(H2,27,28,29). The maximum atomic E-state index is 14.0. The number of aryl methyl sites for hydroxylation is 2. The second kappa shape index (κ2) is 8.42. The summed E-state index contributed by atoms with van der Waals surface area (Å²) >= 11 is 6.20. The van der Waals surface area contributed by atoms with E-state index in [4.69, 9.17) is 22.1 Å². The summed E-state index contributed by atoms with van der Waals surface area (Å²) in [6.07, 6.45) is 1.63. The van der Waals surface area contributed by atoms with Crippen molar-refractivity contribution in [3.63, 3.8) is 0 Å². The van der Waals surface area contributed by atoms with Gasteiger partial charge in [-0.1, -0.05) is 23.7 Å². The molecule has 0 radical (unpaired) electrons. The number of carbonyl (C=O) groups is 1. The molecule has 9 nitrogen and oxygen atoms in total. The first-order chi connectivity index (χ1) is 16.7. The van der Waals surface area contributed by atoms with Gasteiger partial charge in [0.1, 0.15) is 11.9 Å². The average molecular weight is 492 g/mol. The number of carbonyl (C=O) groups excluding carboxylic acids is 1. The number of benzene rings is 1. The molecule has 35 heavy (non-hydrogen) atoms. The molecule has 1 unspecified atom stereocenters. The van der Waals surface area contributed by atoms with Crippen LogP contribution in [0.4, 0.5) is 11.8 Å². The van der Waals surface area contributed by atoms with Crippen molar-refractivity contribution in [3.05, 3.63) is 70.1 Å². The van der Waals surface area contributed by atoms with Crippen molar-refractivity contribution in [1.82, 2.24) is 24.3 Å². The minimum Gasteiger partial charge on any atom is -0.480 e. The van der Waals surface area contributed by atoms with Gasteiger partial charge in [0.15, 0.2) is 0 Å². The van der Waals surface area contributed by atoms with Gasteiger partial charge in [0.25, 0.3) is 5.91 Å². The highest BCUT2D eigenvalue weighted by Crippen LogP contribution is 2.47. The lowest BCUT2D eigenvalue weighted by atomic mass is 10.0. The number of hydrogen-bond acceptors (Lipinski definition) is 6. The van der Waals surface area contributed by atoms with E-state index in [0.29, 0.717) is 27.8 Å². The van der Waals surface area contributed by atoms with E-state index in [2.05, 4.69) is 33.5 Å². The Labute approximate surface area is 208 Å². The molecule has 0 aliphatic carbocycles. The molecule has 0 saturated carbocycles. The molecule has 0 fully saturated rings. The number of hydrogen-bond donors (Lipinski definition) is 1. The molecule has 2 N–H and O–H groups in total. The van der Waals surface area contributed by atoms with Gasteiger partial charge in [0.05, 0.1) is 35.3 Å². The van der Waals surface area contributed by atoms with Gasteiger partial charge >= 0.3 is 0 Å². The molecule has 1 atom stereocenters. The monoisotopic (exact) mass is 491 g/mol. The number of rotatable bonds is 5. The van der Waals surface area contributed by atoms with Crippen LogP contribution in [0.3, 0.4) is 0 Å². The first kappa shape index (κ1) is 22.9. The summed E-state index contributed by atoms with van der Waals surface area (Å²) in [7, 11) is 3.38. The van der Waals surface area contributed by atoms with Crippen LogP contribution in [0, 0.1) is 6.92 Å². The fraction of sp³-hybridized carbons (Fsp3) is 0.280. The van der Waals surface area contributed by atoms with Gasteiger partial charge in [-0.2, -0.15) is 10.1 Å². The molecule has 180 valence electrons. The van der Waals surface area contributed by atoms with E-state index < -0.39 is 0 Å². The first-order valence-electron chi connectivity index (χ1n) is 11.2. The third-order valence-electron chi connectivity index (χ3n) is 6.21. The van der Waals surface area contributed by atoms with Gasteiger partial charge in [0, 0.05) is 30.4 Å². The molecule has 4 aromatic rings. The van der Waals surface area contributed by atoms with Crippen molar-refractivity contribution in [2.75, 3.05) is 17.7 Å². The highest BCUT2D eigenvalue weighted by molar-refractivity contribution is 6.30. The number of halogens is 1. The van der Waals surface area contributed by atoms with Crippen LogP contribution in [0.25, 0.3) is 11.3 Å². The van der Waals surface area contributed by atoms with Crippen molar-refractivity contribution in [2.24, 2.45) is 7.05 Å². The van der Waals surface area contributed by atoms with Crippen LogP contribution in [0.15, 0.2) is 42.6 Å². The molecular formula is C25H26ClN7O2. The lowest BCUT2D eigenvalue weighted by Crippen LogP contribution is -2.31. The van der Waals surface area contributed by atoms with E-state index in [0.717, 1.165) is 22.6 Å². The van der Waals surface area contributed by atoms with Crippen LogP contribution in [0.1, 0.15) is 53.2 Å². The Balaban J connectivity index is 1.79. The van der Waals surface area contributed by atoms with Gasteiger partial charge in [-0.05, 0) is 44.5 Å². The summed E-state index contributed by atoms with van der Waals surface area (Å²) < 4.78 is 9.39. The van der Waals surface area contributed by atoms with Gasteiger partial charge in [-0.3, -0.25) is 14.4 Å². The zero-order valence-corrected chi connectivity index (χ0v) is 20.9. The number of nitrogens with two attached hydrogens (primary N) is 1. The topological polar surface area (TPSA) is 104 Å². The molecule has 4 heterocycles. The normalized spacial score (nSPS) is 15.2. The maximum absolute atomic E-state index is 14.0. The summed E-state index contributed by atoms with van der Waals surface area (Å²) in [5, 5.41) is 5.11. The Morgan fingerprint density at radius 3 is 2.46 bits per heavy atom. The van der Waals surface area contributed by atoms with Crippen molar-refractivity contribution in [1.29, 1.82) is 0 Å². The maximum Gasteiger partial charge on any atom is 0.262 e. The molecule has 5 rings (SSSR count). The molecule has 0 spiro atoms. The number of amides is 1. The molecule has 0 bridgehead atoms. The number of fused-ring (bicyclic) bond motifs is 1. The minimum atomic E-state index is -0.388. The number of anilines is 2. The fourth-order valence-electron chi connectivity index (χ4n) is 4.84. The van der Waals surface area contributed by atoms with E-state index in [1.807, 2.05) is 50.4 Å². The fourth-order valence-corrected chi connectivity index (χ4v) is 4.97. The highest BCUT2D eigenvalue weighted by atomic mass is 35.5. The summed E-state index contributed by atoms with van der Waals surface area (Å²) in [6, 6.07) is 11.0. The number of methoxy groups -OCH3 is 1. The summed E-state index contributed by atoms with van der Waals surface area (Å²) in [5.41, 5.74) is 10.5. The van der Waals surface area contributed by atoms with Gasteiger partial charge in [0.2, 0.25) is 11.8 Å². The Kier molecular flexibility index (Phi) is 5.52. The lowest BCUT2D eigenvalue weighted by molar-refractivity contribution is 0.0992. The third kappa shape index (κ3) is 3.63. The number of nitrogens with zero attached hydrogens (tertiary/aromatic N) is 6. The zero-order chi connectivity index (χ0) is 25.0. The molecular weight excluding hydrogens is 466 g/mol. The summed E-state index contributed by atoms with van der Waals surface area (Å²) in [6.45, 7) is 6.07. The third-order valence-corrected chi connectivity index (χ3v) is 6.46. The van der Waals surface area contributed by atoms with E-state index in [1.165, 1.54) is 7.11 Å². The van der Waals surface area contributed by atoms with E-state index >= 15 is 0 Å². The summed E-state index contributed by atoms with van der Waals surface area (Å²) in [4.78, 5) is 24.2. The Morgan fingerprint density at radius 1 is 1.14 bits per heavy atom. The largest absolute Gasteiger partial charge is 0.480 e. The predicted octanol–water partition coefficient (Wildman–Crippen LogP) is 4.56. The number of nitrogen functional groups attached to an aromatic ring is 1. The molecule has 1 aromatic carbocycles. The van der Waals surface area contributed by atoms with Crippen LogP contribution in [-0.2, 0) is 7.05 Å². The van der Waals surface area contributed by atoms with Crippen molar-refractivity contribution >= 4 is 29.3 Å². The number of ether oxygens (including phenoxy) is 1. The predicted molar refractivity (Wildman–Crippen MR) is 135 cm³/mol. The lowest BCUT2D eigenvalue weighted by Gasteiger charge is -2.28. The molecule has 10 heteroatoms. The minimum absolute atomic E-state index is 0.0202. The van der Waals surface area contributed by atoms with E-state index in [1.54, 1.807) is 15.8 Å². The van der Waals surface area contributed by atoms with Crippen LogP contribution < -0.4 is 15.4 Å². The van der Waals surface area contributed by atoms with Crippen molar-refractivity contribution in [2.45, 2.75) is 32.9 Å². The van der Waals surface area contributed by atoms with Crippen molar-refractivity contribution in [3.8, 4) is 17.1 Å².